The Morgan fingerprint density at radius 3 is 2.77 bits per heavy atom. The molecule has 0 atom stereocenters. The summed E-state index contributed by atoms with van der Waals surface area (Å²) in [7, 11) is 1.93. The molecule has 0 radical (unpaired) electrons. The molecule has 0 spiro atoms. The van der Waals surface area contributed by atoms with Crippen LogP contribution in [0.1, 0.15) is 18.5 Å². The Morgan fingerprint density at radius 1 is 1.54 bits per heavy atom. The van der Waals surface area contributed by atoms with E-state index in [1.54, 1.807) is 0 Å². The summed E-state index contributed by atoms with van der Waals surface area (Å²) < 4.78 is 13.6. The summed E-state index contributed by atoms with van der Waals surface area (Å²) in [5, 5.41) is 0. The van der Waals surface area contributed by atoms with Gasteiger partial charge in [0, 0.05) is 13.2 Å². The van der Waals surface area contributed by atoms with Gasteiger partial charge in [-0.25, -0.2) is 4.98 Å². The van der Waals surface area contributed by atoms with Crippen LogP contribution in [0.5, 0.6) is 0 Å². The Labute approximate surface area is 85.0 Å². The highest BCUT2D eigenvalue weighted by atomic mass is 79.9. The van der Waals surface area contributed by atoms with Crippen LogP contribution < -0.4 is 0 Å². The van der Waals surface area contributed by atoms with Crippen molar-refractivity contribution in [2.45, 2.75) is 12.7 Å². The van der Waals surface area contributed by atoms with Crippen molar-refractivity contribution >= 4 is 15.9 Å². The van der Waals surface area contributed by atoms with Crippen LogP contribution in [-0.4, -0.2) is 22.8 Å². The lowest BCUT2D eigenvalue weighted by molar-refractivity contribution is -0.188. The minimum atomic E-state index is -0.301. The first-order chi connectivity index (χ1) is 6.27. The topological polar surface area (TPSA) is 36.3 Å². The fourth-order valence-corrected chi connectivity index (χ4v) is 1.79. The first kappa shape index (κ1) is 9.18. The SMILES string of the molecule is Cn1cc(Br)nc1C1OCCCO1. The van der Waals surface area contributed by atoms with Gasteiger partial charge in [0.25, 0.3) is 0 Å². The van der Waals surface area contributed by atoms with E-state index in [-0.39, 0.29) is 6.29 Å². The van der Waals surface area contributed by atoms with Gasteiger partial charge in [0.1, 0.15) is 4.60 Å². The summed E-state index contributed by atoms with van der Waals surface area (Å²) in [5.74, 6) is 0.812. The molecule has 0 bridgehead atoms. The molecule has 1 saturated heterocycles. The first-order valence-corrected chi connectivity index (χ1v) is 4.98. The van der Waals surface area contributed by atoms with Crippen LogP contribution in [0.4, 0.5) is 0 Å². The van der Waals surface area contributed by atoms with Gasteiger partial charge in [0.15, 0.2) is 5.82 Å². The fourth-order valence-electron chi connectivity index (χ4n) is 1.30. The van der Waals surface area contributed by atoms with Crippen molar-refractivity contribution in [2.75, 3.05) is 13.2 Å². The molecular weight excluding hydrogens is 236 g/mol. The highest BCUT2D eigenvalue weighted by Crippen LogP contribution is 2.22. The number of rotatable bonds is 1. The maximum Gasteiger partial charge on any atom is 0.217 e. The number of hydrogen-bond donors (Lipinski definition) is 0. The Balaban J connectivity index is 2.18. The number of ether oxygens (including phenoxy) is 2. The molecular formula is C8H11BrN2O2. The van der Waals surface area contributed by atoms with Crippen molar-refractivity contribution in [2.24, 2.45) is 7.05 Å². The summed E-state index contributed by atoms with van der Waals surface area (Å²) >= 11 is 3.31. The van der Waals surface area contributed by atoms with Gasteiger partial charge in [-0.2, -0.15) is 0 Å². The van der Waals surface area contributed by atoms with E-state index in [2.05, 4.69) is 20.9 Å². The second-order valence-corrected chi connectivity index (χ2v) is 3.77. The molecule has 0 saturated carbocycles. The third-order valence-electron chi connectivity index (χ3n) is 1.92. The number of aryl methyl sites for hydroxylation is 1. The minimum Gasteiger partial charge on any atom is -0.346 e. The molecule has 2 rings (SSSR count). The standard InChI is InChI=1S/C8H11BrN2O2/c1-11-5-6(9)10-7(11)8-12-3-2-4-13-8/h5,8H,2-4H2,1H3. The lowest BCUT2D eigenvalue weighted by Gasteiger charge is -2.22. The van der Waals surface area contributed by atoms with E-state index in [0.717, 1.165) is 30.1 Å². The maximum atomic E-state index is 5.43. The molecule has 1 aliphatic rings. The van der Waals surface area contributed by atoms with Gasteiger partial charge in [0.2, 0.25) is 6.29 Å². The molecule has 13 heavy (non-hydrogen) atoms. The van der Waals surface area contributed by atoms with Gasteiger partial charge in [-0.15, -0.1) is 0 Å². The maximum absolute atomic E-state index is 5.43. The van der Waals surface area contributed by atoms with E-state index in [1.165, 1.54) is 0 Å². The van der Waals surface area contributed by atoms with Gasteiger partial charge < -0.3 is 14.0 Å². The van der Waals surface area contributed by atoms with E-state index >= 15 is 0 Å². The average molecular weight is 247 g/mol. The molecule has 1 aliphatic heterocycles. The molecule has 5 heteroatoms. The molecule has 0 aliphatic carbocycles. The Morgan fingerprint density at radius 2 is 2.23 bits per heavy atom. The molecule has 0 unspecified atom stereocenters. The zero-order valence-electron chi connectivity index (χ0n) is 7.36. The monoisotopic (exact) mass is 246 g/mol. The van der Waals surface area contributed by atoms with Gasteiger partial charge in [0.05, 0.1) is 13.2 Å². The summed E-state index contributed by atoms with van der Waals surface area (Å²) in [6, 6.07) is 0. The molecule has 2 heterocycles. The Hall–Kier alpha value is -0.390. The first-order valence-electron chi connectivity index (χ1n) is 4.19. The second kappa shape index (κ2) is 3.77. The lowest BCUT2D eigenvalue weighted by Crippen LogP contribution is -2.20. The second-order valence-electron chi connectivity index (χ2n) is 2.96. The van der Waals surface area contributed by atoms with E-state index in [0.29, 0.717) is 0 Å². The smallest absolute Gasteiger partial charge is 0.217 e. The minimum absolute atomic E-state index is 0.301. The fraction of sp³-hybridized carbons (Fsp3) is 0.625. The van der Waals surface area contributed by atoms with E-state index in [9.17, 15) is 0 Å². The number of imidazole rings is 1. The predicted octanol–water partition coefficient (Wildman–Crippen LogP) is 1.62. The molecule has 1 fully saturated rings. The summed E-state index contributed by atoms with van der Waals surface area (Å²) in [6.45, 7) is 1.49. The van der Waals surface area contributed by atoms with Crippen molar-refractivity contribution in [1.29, 1.82) is 0 Å². The van der Waals surface area contributed by atoms with Gasteiger partial charge in [-0.05, 0) is 22.4 Å². The van der Waals surface area contributed by atoms with Crippen LogP contribution in [-0.2, 0) is 16.5 Å². The lowest BCUT2D eigenvalue weighted by atomic mass is 10.4. The van der Waals surface area contributed by atoms with Crippen molar-refractivity contribution in [3.05, 3.63) is 16.6 Å². The summed E-state index contributed by atoms with van der Waals surface area (Å²) in [5.41, 5.74) is 0. The normalized spacial score (nSPS) is 19.2. The molecule has 1 aromatic heterocycles. The summed E-state index contributed by atoms with van der Waals surface area (Å²) in [6.07, 6.45) is 2.55. The zero-order chi connectivity index (χ0) is 9.26. The van der Waals surface area contributed by atoms with Crippen molar-refractivity contribution in [3.63, 3.8) is 0 Å². The van der Waals surface area contributed by atoms with Crippen LogP contribution in [0.15, 0.2) is 10.8 Å². The van der Waals surface area contributed by atoms with Crippen molar-refractivity contribution < 1.29 is 9.47 Å². The van der Waals surface area contributed by atoms with Crippen LogP contribution >= 0.6 is 15.9 Å². The molecule has 1 aromatic rings. The van der Waals surface area contributed by atoms with Crippen LogP contribution in [0.2, 0.25) is 0 Å². The van der Waals surface area contributed by atoms with E-state index < -0.39 is 0 Å². The van der Waals surface area contributed by atoms with Crippen molar-refractivity contribution in [3.8, 4) is 0 Å². The van der Waals surface area contributed by atoms with Crippen molar-refractivity contribution in [1.82, 2.24) is 9.55 Å². The van der Waals surface area contributed by atoms with E-state index in [1.807, 2.05) is 17.8 Å². The molecule has 0 N–H and O–H groups in total. The zero-order valence-corrected chi connectivity index (χ0v) is 8.95. The van der Waals surface area contributed by atoms with Gasteiger partial charge >= 0.3 is 0 Å². The quantitative estimate of drug-likeness (QED) is 0.756. The average Bonchev–Trinajstić information content (AvgIpc) is 2.47. The van der Waals surface area contributed by atoms with Crippen LogP contribution in [0.3, 0.4) is 0 Å². The number of nitrogens with zero attached hydrogens (tertiary/aromatic N) is 2. The molecule has 4 nitrogen and oxygen atoms in total. The van der Waals surface area contributed by atoms with Crippen LogP contribution in [0.25, 0.3) is 0 Å². The molecule has 0 amide bonds. The number of hydrogen-bond acceptors (Lipinski definition) is 3. The Kier molecular flexibility index (Phi) is 2.66. The predicted molar refractivity (Wildman–Crippen MR) is 50.2 cm³/mol. The third kappa shape index (κ3) is 1.92. The highest BCUT2D eigenvalue weighted by molar-refractivity contribution is 9.10. The van der Waals surface area contributed by atoms with Crippen LogP contribution in [0, 0.1) is 0 Å². The third-order valence-corrected chi connectivity index (χ3v) is 2.30. The highest BCUT2D eigenvalue weighted by Gasteiger charge is 2.21. The number of aromatic nitrogens is 2. The summed E-state index contributed by atoms with van der Waals surface area (Å²) in [4.78, 5) is 4.26. The molecule has 72 valence electrons. The van der Waals surface area contributed by atoms with Gasteiger partial charge in [-0.1, -0.05) is 0 Å². The van der Waals surface area contributed by atoms with E-state index in [4.69, 9.17) is 9.47 Å². The number of halogens is 1. The van der Waals surface area contributed by atoms with Gasteiger partial charge in [-0.3, -0.25) is 0 Å². The largest absolute Gasteiger partial charge is 0.346 e. The Bertz CT molecular complexity index is 294. The molecule has 0 aromatic carbocycles.